The van der Waals surface area contributed by atoms with Gasteiger partial charge in [-0.25, -0.2) is 14.6 Å². The van der Waals surface area contributed by atoms with Crippen molar-refractivity contribution in [2.45, 2.75) is 24.6 Å². The first-order valence-electron chi connectivity index (χ1n) is 8.55. The number of ether oxygens (including phenoxy) is 1. The molecule has 0 amide bonds. The molecular formula is C20H19N5OS. The van der Waals surface area contributed by atoms with E-state index < -0.39 is 0 Å². The van der Waals surface area contributed by atoms with Crippen molar-refractivity contribution in [1.29, 1.82) is 0 Å². The number of para-hydroxylation sites is 1. The van der Waals surface area contributed by atoms with Crippen molar-refractivity contribution < 1.29 is 4.74 Å². The minimum atomic E-state index is 0.700. The Hall–Kier alpha value is -2.93. The van der Waals surface area contributed by atoms with Crippen LogP contribution < -0.4 is 4.74 Å². The summed E-state index contributed by atoms with van der Waals surface area (Å²) in [5, 5.41) is 6.33. The van der Waals surface area contributed by atoms with Gasteiger partial charge < -0.3 is 4.74 Å². The van der Waals surface area contributed by atoms with Gasteiger partial charge in [0.15, 0.2) is 5.65 Å². The zero-order valence-corrected chi connectivity index (χ0v) is 16.2. The fourth-order valence-electron chi connectivity index (χ4n) is 3.05. The minimum Gasteiger partial charge on any atom is -0.496 e. The molecule has 136 valence electrons. The lowest BCUT2D eigenvalue weighted by atomic mass is 10.1. The molecule has 0 fully saturated rings. The summed E-state index contributed by atoms with van der Waals surface area (Å²) >= 11 is 1.63. The molecule has 0 saturated carbocycles. The average Bonchev–Trinajstić information content (AvgIpc) is 3.13. The molecule has 0 spiro atoms. The van der Waals surface area contributed by atoms with Crippen molar-refractivity contribution >= 4 is 22.8 Å². The van der Waals surface area contributed by atoms with Gasteiger partial charge in [-0.3, -0.25) is 4.98 Å². The number of hydrogen-bond acceptors (Lipinski definition) is 6. The quantitative estimate of drug-likeness (QED) is 0.385. The Morgan fingerprint density at radius 1 is 1.04 bits per heavy atom. The van der Waals surface area contributed by atoms with E-state index in [4.69, 9.17) is 4.74 Å². The summed E-state index contributed by atoms with van der Waals surface area (Å²) < 4.78 is 7.34. The fourth-order valence-corrected chi connectivity index (χ4v) is 4.03. The van der Waals surface area contributed by atoms with Crippen LogP contribution >= 0.6 is 11.8 Å². The number of pyridine rings is 1. The smallest absolute Gasteiger partial charge is 0.167 e. The molecule has 0 aliphatic carbocycles. The monoisotopic (exact) mass is 377 g/mol. The van der Waals surface area contributed by atoms with Crippen LogP contribution in [0, 0.1) is 13.8 Å². The normalized spacial score (nSPS) is 11.1. The number of thioether (sulfide) groups is 1. The van der Waals surface area contributed by atoms with E-state index in [1.54, 1.807) is 25.2 Å². The van der Waals surface area contributed by atoms with Crippen molar-refractivity contribution in [2.24, 2.45) is 0 Å². The molecule has 0 aliphatic rings. The lowest BCUT2D eigenvalue weighted by Gasteiger charge is -2.12. The molecule has 7 heteroatoms. The maximum Gasteiger partial charge on any atom is 0.167 e. The van der Waals surface area contributed by atoms with E-state index in [2.05, 4.69) is 20.1 Å². The van der Waals surface area contributed by atoms with E-state index in [1.165, 1.54) is 0 Å². The lowest BCUT2D eigenvalue weighted by molar-refractivity contribution is 0.407. The molecule has 4 aromatic rings. The van der Waals surface area contributed by atoms with Crippen LogP contribution in [0.5, 0.6) is 5.75 Å². The molecule has 0 N–H and O–H groups in total. The summed E-state index contributed by atoms with van der Waals surface area (Å²) in [6.07, 6.45) is 5.26. The van der Waals surface area contributed by atoms with E-state index in [1.807, 2.05) is 61.3 Å². The SMILES string of the molecule is COc1c(C)cnc(CSc2ncnc3c2cnn3-c2ccccc2)c1C. The average molecular weight is 377 g/mol. The Bertz CT molecular complexity index is 1090. The van der Waals surface area contributed by atoms with Crippen LogP contribution in [-0.4, -0.2) is 31.8 Å². The van der Waals surface area contributed by atoms with Gasteiger partial charge >= 0.3 is 0 Å². The lowest BCUT2D eigenvalue weighted by Crippen LogP contribution is -1.99. The second-order valence-corrected chi connectivity index (χ2v) is 7.11. The summed E-state index contributed by atoms with van der Waals surface area (Å²) in [5.74, 6) is 1.59. The Kier molecular flexibility index (Phi) is 4.77. The van der Waals surface area contributed by atoms with Gasteiger partial charge in [0, 0.05) is 23.1 Å². The van der Waals surface area contributed by atoms with Crippen LogP contribution in [0.3, 0.4) is 0 Å². The van der Waals surface area contributed by atoms with Crippen molar-refractivity contribution in [3.05, 3.63) is 65.9 Å². The number of fused-ring (bicyclic) bond motifs is 1. The van der Waals surface area contributed by atoms with Crippen molar-refractivity contribution in [2.75, 3.05) is 7.11 Å². The summed E-state index contributed by atoms with van der Waals surface area (Å²) in [7, 11) is 1.69. The van der Waals surface area contributed by atoms with Crippen molar-refractivity contribution in [3.8, 4) is 11.4 Å². The standard InChI is InChI=1S/C20H19N5OS/c1-13-9-21-17(14(2)18(13)26-3)11-27-20-16-10-24-25(19(16)22-12-23-20)15-7-5-4-6-8-15/h4-10,12H,11H2,1-3H3. The van der Waals surface area contributed by atoms with Crippen LogP contribution in [0.1, 0.15) is 16.8 Å². The largest absolute Gasteiger partial charge is 0.496 e. The zero-order valence-electron chi connectivity index (χ0n) is 15.4. The Labute approximate surface area is 161 Å². The molecule has 1 aromatic carbocycles. The minimum absolute atomic E-state index is 0.700. The Morgan fingerprint density at radius 2 is 1.85 bits per heavy atom. The first-order chi connectivity index (χ1) is 13.2. The Balaban J connectivity index is 1.65. The zero-order chi connectivity index (χ0) is 18.8. The molecular weight excluding hydrogens is 358 g/mol. The number of aromatic nitrogens is 5. The predicted octanol–water partition coefficient (Wildman–Crippen LogP) is 4.13. The topological polar surface area (TPSA) is 65.7 Å². The van der Waals surface area contributed by atoms with Crippen molar-refractivity contribution in [3.63, 3.8) is 0 Å². The maximum atomic E-state index is 5.50. The highest BCUT2D eigenvalue weighted by Gasteiger charge is 2.14. The third kappa shape index (κ3) is 3.26. The number of rotatable bonds is 5. The van der Waals surface area contributed by atoms with E-state index in [0.717, 1.165) is 44.3 Å². The van der Waals surface area contributed by atoms with Gasteiger partial charge in [0.1, 0.15) is 17.1 Å². The van der Waals surface area contributed by atoms with Crippen LogP contribution in [0.25, 0.3) is 16.7 Å². The Morgan fingerprint density at radius 3 is 2.63 bits per heavy atom. The number of benzene rings is 1. The highest BCUT2D eigenvalue weighted by atomic mass is 32.2. The van der Waals surface area contributed by atoms with E-state index in [-0.39, 0.29) is 0 Å². The second-order valence-electron chi connectivity index (χ2n) is 6.14. The van der Waals surface area contributed by atoms with Gasteiger partial charge in [-0.2, -0.15) is 5.10 Å². The van der Waals surface area contributed by atoms with Gasteiger partial charge in [-0.1, -0.05) is 30.0 Å². The molecule has 4 rings (SSSR count). The molecule has 6 nitrogen and oxygen atoms in total. The maximum absolute atomic E-state index is 5.50. The fraction of sp³-hybridized carbons (Fsp3) is 0.200. The number of methoxy groups -OCH3 is 1. The van der Waals surface area contributed by atoms with E-state index in [0.29, 0.717) is 5.75 Å². The third-order valence-corrected chi connectivity index (χ3v) is 5.44. The second kappa shape index (κ2) is 7.36. The molecule has 0 aliphatic heterocycles. The van der Waals surface area contributed by atoms with Crippen LogP contribution in [-0.2, 0) is 5.75 Å². The van der Waals surface area contributed by atoms with Gasteiger partial charge in [0.05, 0.1) is 30.1 Å². The molecule has 27 heavy (non-hydrogen) atoms. The van der Waals surface area contributed by atoms with Gasteiger partial charge in [-0.15, -0.1) is 0 Å². The van der Waals surface area contributed by atoms with E-state index in [9.17, 15) is 0 Å². The molecule has 3 aromatic heterocycles. The third-order valence-electron chi connectivity index (χ3n) is 4.43. The number of aryl methyl sites for hydroxylation is 1. The van der Waals surface area contributed by atoms with Crippen LogP contribution in [0.4, 0.5) is 0 Å². The highest BCUT2D eigenvalue weighted by Crippen LogP contribution is 2.31. The first kappa shape index (κ1) is 17.5. The molecule has 3 heterocycles. The van der Waals surface area contributed by atoms with Gasteiger partial charge in [-0.05, 0) is 26.0 Å². The van der Waals surface area contributed by atoms with Gasteiger partial charge in [0.2, 0.25) is 0 Å². The summed E-state index contributed by atoms with van der Waals surface area (Å²) in [6.45, 7) is 4.04. The molecule has 0 atom stereocenters. The first-order valence-corrected chi connectivity index (χ1v) is 9.53. The summed E-state index contributed by atoms with van der Waals surface area (Å²) in [5.41, 5.74) is 4.87. The van der Waals surface area contributed by atoms with Crippen LogP contribution in [0.2, 0.25) is 0 Å². The highest BCUT2D eigenvalue weighted by molar-refractivity contribution is 7.98. The molecule has 0 saturated heterocycles. The molecule has 0 bridgehead atoms. The van der Waals surface area contributed by atoms with Crippen molar-refractivity contribution in [1.82, 2.24) is 24.7 Å². The van der Waals surface area contributed by atoms with Gasteiger partial charge in [0.25, 0.3) is 0 Å². The summed E-state index contributed by atoms with van der Waals surface area (Å²) in [6, 6.07) is 9.97. The van der Waals surface area contributed by atoms with Crippen LogP contribution in [0.15, 0.2) is 54.1 Å². The molecule has 0 radical (unpaired) electrons. The predicted molar refractivity (Wildman–Crippen MR) is 106 cm³/mol. The molecule has 0 unspecified atom stereocenters. The number of hydrogen-bond donors (Lipinski definition) is 0. The van der Waals surface area contributed by atoms with E-state index >= 15 is 0 Å². The summed E-state index contributed by atoms with van der Waals surface area (Å²) in [4.78, 5) is 13.5. The number of nitrogens with zero attached hydrogens (tertiary/aromatic N) is 5.